The molecule has 1 saturated heterocycles. The zero-order valence-electron chi connectivity index (χ0n) is 9.98. The molecule has 0 radical (unpaired) electrons. The molecule has 1 fully saturated rings. The SMILES string of the molecule is N#CC1CC(C(=O)Nc2ncccc2O)CN1C=O. The second kappa shape index (κ2) is 5.35. The van der Waals surface area contributed by atoms with Crippen LogP contribution in [0.25, 0.3) is 0 Å². The molecule has 0 saturated carbocycles. The van der Waals surface area contributed by atoms with Gasteiger partial charge in [-0.15, -0.1) is 0 Å². The van der Waals surface area contributed by atoms with Gasteiger partial charge in [0.05, 0.1) is 12.0 Å². The maximum absolute atomic E-state index is 12.0. The average molecular weight is 260 g/mol. The van der Waals surface area contributed by atoms with Crippen LogP contribution in [-0.4, -0.2) is 39.9 Å². The molecule has 7 nitrogen and oxygen atoms in total. The molecule has 1 aromatic heterocycles. The zero-order chi connectivity index (χ0) is 13.8. The van der Waals surface area contributed by atoms with Crippen LogP contribution < -0.4 is 5.32 Å². The summed E-state index contributed by atoms with van der Waals surface area (Å²) in [7, 11) is 0. The van der Waals surface area contributed by atoms with Crippen LogP contribution in [0.3, 0.4) is 0 Å². The summed E-state index contributed by atoms with van der Waals surface area (Å²) < 4.78 is 0. The van der Waals surface area contributed by atoms with E-state index in [0.717, 1.165) is 0 Å². The summed E-state index contributed by atoms with van der Waals surface area (Å²) in [4.78, 5) is 27.9. The van der Waals surface area contributed by atoms with E-state index in [1.165, 1.54) is 17.2 Å². The first kappa shape index (κ1) is 12.8. The van der Waals surface area contributed by atoms with E-state index < -0.39 is 12.0 Å². The number of likely N-dealkylation sites (tertiary alicyclic amines) is 1. The molecule has 19 heavy (non-hydrogen) atoms. The van der Waals surface area contributed by atoms with Crippen molar-refractivity contribution < 1.29 is 14.7 Å². The third-order valence-corrected chi connectivity index (χ3v) is 3.02. The van der Waals surface area contributed by atoms with Crippen LogP contribution in [0.15, 0.2) is 18.3 Å². The van der Waals surface area contributed by atoms with Crippen LogP contribution in [0.4, 0.5) is 5.82 Å². The number of aromatic nitrogens is 1. The van der Waals surface area contributed by atoms with Crippen LogP contribution >= 0.6 is 0 Å². The number of anilines is 1. The normalized spacial score (nSPS) is 21.7. The number of carbonyl (C=O) groups is 2. The van der Waals surface area contributed by atoms with Crippen LogP contribution in [0, 0.1) is 17.2 Å². The van der Waals surface area contributed by atoms with Crippen LogP contribution in [0.2, 0.25) is 0 Å². The first-order valence-corrected chi connectivity index (χ1v) is 5.71. The minimum atomic E-state index is -0.578. The number of pyridine rings is 1. The van der Waals surface area contributed by atoms with Crippen LogP contribution in [-0.2, 0) is 9.59 Å². The van der Waals surface area contributed by atoms with E-state index in [0.29, 0.717) is 6.41 Å². The van der Waals surface area contributed by atoms with Crippen molar-refractivity contribution in [1.82, 2.24) is 9.88 Å². The largest absolute Gasteiger partial charge is 0.504 e. The Morgan fingerprint density at radius 2 is 2.47 bits per heavy atom. The Balaban J connectivity index is 2.04. The van der Waals surface area contributed by atoms with Gasteiger partial charge in [-0.1, -0.05) is 0 Å². The van der Waals surface area contributed by atoms with E-state index in [-0.39, 0.29) is 30.4 Å². The fraction of sp³-hybridized carbons (Fsp3) is 0.333. The van der Waals surface area contributed by atoms with Crippen LogP contribution in [0.5, 0.6) is 5.75 Å². The van der Waals surface area contributed by atoms with E-state index in [4.69, 9.17) is 5.26 Å². The summed E-state index contributed by atoms with van der Waals surface area (Å²) in [5.74, 6) is -0.890. The van der Waals surface area contributed by atoms with Gasteiger partial charge in [-0.2, -0.15) is 5.26 Å². The lowest BCUT2D eigenvalue weighted by Gasteiger charge is -2.12. The fourth-order valence-corrected chi connectivity index (χ4v) is 2.01. The fourth-order valence-electron chi connectivity index (χ4n) is 2.01. The lowest BCUT2D eigenvalue weighted by molar-refractivity contribution is -0.120. The first-order chi connectivity index (χ1) is 9.15. The Labute approximate surface area is 109 Å². The number of hydrogen-bond acceptors (Lipinski definition) is 5. The Morgan fingerprint density at radius 3 is 3.05 bits per heavy atom. The van der Waals surface area contributed by atoms with Gasteiger partial charge in [-0.3, -0.25) is 9.59 Å². The van der Waals surface area contributed by atoms with Crippen molar-refractivity contribution in [3.05, 3.63) is 18.3 Å². The van der Waals surface area contributed by atoms with E-state index in [1.54, 1.807) is 6.07 Å². The molecule has 0 aliphatic carbocycles. The topological polar surface area (TPSA) is 106 Å². The molecule has 0 bridgehead atoms. The van der Waals surface area contributed by atoms with Gasteiger partial charge >= 0.3 is 0 Å². The molecule has 2 amide bonds. The molecule has 1 aliphatic heterocycles. The zero-order valence-corrected chi connectivity index (χ0v) is 9.98. The van der Waals surface area contributed by atoms with E-state index in [2.05, 4.69) is 10.3 Å². The maximum atomic E-state index is 12.0. The van der Waals surface area contributed by atoms with Crippen molar-refractivity contribution in [2.45, 2.75) is 12.5 Å². The summed E-state index contributed by atoms with van der Waals surface area (Å²) in [6.45, 7) is 0.196. The summed E-state index contributed by atoms with van der Waals surface area (Å²) in [5.41, 5.74) is 0. The molecule has 2 unspecified atom stereocenters. The van der Waals surface area contributed by atoms with Crippen molar-refractivity contribution in [1.29, 1.82) is 5.26 Å². The third-order valence-electron chi connectivity index (χ3n) is 3.02. The average Bonchev–Trinajstić information content (AvgIpc) is 2.84. The predicted octanol–water partition coefficient (Wildman–Crippen LogP) is 0.0962. The molecule has 2 heterocycles. The van der Waals surface area contributed by atoms with Crippen molar-refractivity contribution in [3.63, 3.8) is 0 Å². The Bertz CT molecular complexity index is 540. The summed E-state index contributed by atoms with van der Waals surface area (Å²) >= 11 is 0. The smallest absolute Gasteiger partial charge is 0.230 e. The second-order valence-electron chi connectivity index (χ2n) is 4.24. The number of hydrogen-bond donors (Lipinski definition) is 2. The van der Waals surface area contributed by atoms with Crippen molar-refractivity contribution in [2.24, 2.45) is 5.92 Å². The van der Waals surface area contributed by atoms with E-state index in [1.807, 2.05) is 6.07 Å². The number of nitriles is 1. The van der Waals surface area contributed by atoms with E-state index >= 15 is 0 Å². The molecule has 2 atom stereocenters. The van der Waals surface area contributed by atoms with Gasteiger partial charge < -0.3 is 15.3 Å². The molecule has 0 spiro atoms. The summed E-state index contributed by atoms with van der Waals surface area (Å²) in [6, 6.07) is 4.35. The summed E-state index contributed by atoms with van der Waals surface area (Å²) in [6.07, 6.45) is 2.30. The van der Waals surface area contributed by atoms with Gasteiger partial charge in [0.1, 0.15) is 6.04 Å². The Hall–Kier alpha value is -2.62. The van der Waals surface area contributed by atoms with Gasteiger partial charge in [0.15, 0.2) is 11.6 Å². The monoisotopic (exact) mass is 260 g/mol. The van der Waals surface area contributed by atoms with Gasteiger partial charge in [-0.05, 0) is 18.6 Å². The highest BCUT2D eigenvalue weighted by Gasteiger charge is 2.35. The Morgan fingerprint density at radius 1 is 1.68 bits per heavy atom. The molecule has 0 aromatic carbocycles. The standard InChI is InChI=1S/C12H12N4O3/c13-5-9-4-8(6-16(9)7-17)12(19)15-11-10(18)2-1-3-14-11/h1-3,7-9,18H,4,6H2,(H,14,15,19). The molecular formula is C12H12N4O3. The van der Waals surface area contributed by atoms with Crippen LogP contribution in [0.1, 0.15) is 6.42 Å². The van der Waals surface area contributed by atoms with Gasteiger partial charge in [0.25, 0.3) is 0 Å². The minimum absolute atomic E-state index is 0.0746. The number of nitrogens with zero attached hydrogens (tertiary/aromatic N) is 3. The molecule has 2 N–H and O–H groups in total. The van der Waals surface area contributed by atoms with E-state index in [9.17, 15) is 14.7 Å². The molecular weight excluding hydrogens is 248 g/mol. The molecule has 2 rings (SSSR count). The maximum Gasteiger partial charge on any atom is 0.230 e. The number of carbonyl (C=O) groups excluding carboxylic acids is 2. The highest BCUT2D eigenvalue weighted by Crippen LogP contribution is 2.24. The quantitative estimate of drug-likeness (QED) is 0.749. The lowest BCUT2D eigenvalue weighted by atomic mass is 10.1. The number of rotatable bonds is 3. The third kappa shape index (κ3) is 2.63. The molecule has 98 valence electrons. The molecule has 1 aromatic rings. The number of amides is 2. The Kier molecular flexibility index (Phi) is 3.61. The van der Waals surface area contributed by atoms with Crippen molar-refractivity contribution >= 4 is 18.1 Å². The van der Waals surface area contributed by atoms with Gasteiger partial charge in [0.2, 0.25) is 12.3 Å². The van der Waals surface area contributed by atoms with Crippen molar-refractivity contribution in [2.75, 3.05) is 11.9 Å². The molecule has 1 aliphatic rings. The van der Waals surface area contributed by atoms with Gasteiger partial charge in [-0.25, -0.2) is 4.98 Å². The predicted molar refractivity (Wildman–Crippen MR) is 64.8 cm³/mol. The first-order valence-electron chi connectivity index (χ1n) is 5.71. The second-order valence-corrected chi connectivity index (χ2v) is 4.24. The highest BCUT2D eigenvalue weighted by molar-refractivity contribution is 5.93. The lowest BCUT2D eigenvalue weighted by Crippen LogP contribution is -2.28. The number of aromatic hydroxyl groups is 1. The summed E-state index contributed by atoms with van der Waals surface area (Å²) in [5, 5.41) is 20.9. The number of nitrogens with one attached hydrogen (secondary N) is 1. The van der Waals surface area contributed by atoms with Gasteiger partial charge in [0, 0.05) is 12.7 Å². The molecule has 7 heteroatoms. The van der Waals surface area contributed by atoms with Crippen molar-refractivity contribution in [3.8, 4) is 11.8 Å². The minimum Gasteiger partial charge on any atom is -0.504 e. The highest BCUT2D eigenvalue weighted by atomic mass is 16.3.